The molecule has 0 unspecified atom stereocenters. The molecule has 2 fully saturated rings. The highest BCUT2D eigenvalue weighted by molar-refractivity contribution is 5.91. The van der Waals surface area contributed by atoms with Gasteiger partial charge in [0.15, 0.2) is 11.7 Å². The molecule has 0 radical (unpaired) electrons. The zero-order valence-corrected chi connectivity index (χ0v) is 16.0. The standard InChI is InChI=1S/C20H32N4O2/c1-21-20(22-11-5-4-9-17-7-2-3-8-17)24-14-12-23(13-15-24)19(25)18-10-6-16-26-18/h6,10,16-17H,2-5,7-9,11-15H2,1H3,(H,21,22). The van der Waals surface area contributed by atoms with E-state index in [9.17, 15) is 4.79 Å². The van der Waals surface area contributed by atoms with Crippen LogP contribution >= 0.6 is 0 Å². The Kier molecular flexibility index (Phi) is 6.97. The molecule has 2 heterocycles. The maximum Gasteiger partial charge on any atom is 0.289 e. The maximum atomic E-state index is 12.3. The molecule has 3 rings (SSSR count). The largest absolute Gasteiger partial charge is 0.459 e. The van der Waals surface area contributed by atoms with Crippen LogP contribution in [0.1, 0.15) is 55.5 Å². The first-order valence-corrected chi connectivity index (χ1v) is 10.1. The van der Waals surface area contributed by atoms with Gasteiger partial charge in [-0.1, -0.05) is 38.5 Å². The summed E-state index contributed by atoms with van der Waals surface area (Å²) in [6.07, 6.45) is 11.2. The minimum absolute atomic E-state index is 0.0236. The Morgan fingerprint density at radius 2 is 1.92 bits per heavy atom. The van der Waals surface area contributed by atoms with E-state index in [2.05, 4.69) is 15.2 Å². The fourth-order valence-electron chi connectivity index (χ4n) is 4.07. The van der Waals surface area contributed by atoms with E-state index < -0.39 is 0 Å². The summed E-state index contributed by atoms with van der Waals surface area (Å²) in [6.45, 7) is 3.97. The quantitative estimate of drug-likeness (QED) is 0.481. The number of amides is 1. The number of hydrogen-bond donors (Lipinski definition) is 1. The maximum absolute atomic E-state index is 12.3. The van der Waals surface area contributed by atoms with Gasteiger partial charge >= 0.3 is 0 Å². The van der Waals surface area contributed by atoms with Crippen molar-refractivity contribution in [1.29, 1.82) is 0 Å². The molecule has 144 valence electrons. The predicted octanol–water partition coefficient (Wildman–Crippen LogP) is 2.97. The van der Waals surface area contributed by atoms with Gasteiger partial charge in [-0.05, 0) is 24.5 Å². The normalized spacial score (nSPS) is 19.2. The van der Waals surface area contributed by atoms with Gasteiger partial charge in [-0.25, -0.2) is 0 Å². The number of aliphatic imine (C=N–C) groups is 1. The Labute approximate surface area is 156 Å². The average Bonchev–Trinajstić information content (AvgIpc) is 3.38. The van der Waals surface area contributed by atoms with E-state index in [0.717, 1.165) is 31.5 Å². The summed E-state index contributed by atoms with van der Waals surface area (Å²) in [7, 11) is 1.83. The van der Waals surface area contributed by atoms with Crippen LogP contribution in [0.25, 0.3) is 0 Å². The van der Waals surface area contributed by atoms with Crippen LogP contribution in [0.4, 0.5) is 0 Å². The molecular weight excluding hydrogens is 328 g/mol. The Balaban J connectivity index is 1.34. The van der Waals surface area contributed by atoms with E-state index in [0.29, 0.717) is 18.8 Å². The van der Waals surface area contributed by atoms with Crippen LogP contribution in [0.3, 0.4) is 0 Å². The van der Waals surface area contributed by atoms with Gasteiger partial charge in [-0.2, -0.15) is 0 Å². The van der Waals surface area contributed by atoms with E-state index in [-0.39, 0.29) is 5.91 Å². The van der Waals surface area contributed by atoms with E-state index in [1.807, 2.05) is 11.9 Å². The van der Waals surface area contributed by atoms with Gasteiger partial charge in [0.2, 0.25) is 0 Å². The number of carbonyl (C=O) groups is 1. The third-order valence-corrected chi connectivity index (χ3v) is 5.61. The van der Waals surface area contributed by atoms with Crippen LogP contribution in [0, 0.1) is 5.92 Å². The van der Waals surface area contributed by atoms with E-state index in [4.69, 9.17) is 4.42 Å². The summed E-state index contributed by atoms with van der Waals surface area (Å²) in [4.78, 5) is 20.8. The zero-order valence-electron chi connectivity index (χ0n) is 16.0. The van der Waals surface area contributed by atoms with Gasteiger partial charge in [-0.15, -0.1) is 0 Å². The lowest BCUT2D eigenvalue weighted by molar-refractivity contribution is 0.0657. The van der Waals surface area contributed by atoms with Gasteiger partial charge < -0.3 is 19.5 Å². The molecule has 1 saturated heterocycles. The first-order chi connectivity index (χ1) is 12.8. The molecule has 1 N–H and O–H groups in total. The third kappa shape index (κ3) is 5.02. The van der Waals surface area contributed by atoms with Crippen molar-refractivity contribution >= 4 is 11.9 Å². The SMILES string of the molecule is CN=C(NCCCCC1CCCC1)N1CCN(C(=O)c2ccco2)CC1. The molecule has 0 bridgehead atoms. The van der Waals surface area contributed by atoms with Gasteiger partial charge in [0.05, 0.1) is 6.26 Å². The summed E-state index contributed by atoms with van der Waals surface area (Å²) in [5.41, 5.74) is 0. The molecule has 0 spiro atoms. The minimum Gasteiger partial charge on any atom is -0.459 e. The van der Waals surface area contributed by atoms with Gasteiger partial charge in [0, 0.05) is 39.8 Å². The highest BCUT2D eigenvalue weighted by Gasteiger charge is 2.25. The van der Waals surface area contributed by atoms with Gasteiger partial charge in [0.25, 0.3) is 5.91 Å². The lowest BCUT2D eigenvalue weighted by atomic mass is 10.0. The van der Waals surface area contributed by atoms with Crippen molar-refractivity contribution in [3.63, 3.8) is 0 Å². The summed E-state index contributed by atoms with van der Waals surface area (Å²) in [5.74, 6) is 2.33. The van der Waals surface area contributed by atoms with Crippen molar-refractivity contribution in [2.45, 2.75) is 44.9 Å². The molecule has 26 heavy (non-hydrogen) atoms. The second kappa shape index (κ2) is 9.64. The Morgan fingerprint density at radius 1 is 1.19 bits per heavy atom. The van der Waals surface area contributed by atoms with Crippen molar-refractivity contribution < 1.29 is 9.21 Å². The van der Waals surface area contributed by atoms with Crippen LogP contribution in [-0.4, -0.2) is 61.4 Å². The van der Waals surface area contributed by atoms with E-state index >= 15 is 0 Å². The second-order valence-electron chi connectivity index (χ2n) is 7.38. The minimum atomic E-state index is -0.0236. The monoisotopic (exact) mass is 360 g/mol. The number of rotatable bonds is 6. The number of unbranched alkanes of at least 4 members (excludes halogenated alkanes) is 1. The summed E-state index contributed by atoms with van der Waals surface area (Å²) >= 11 is 0. The number of hydrogen-bond acceptors (Lipinski definition) is 3. The van der Waals surface area contributed by atoms with E-state index in [1.165, 1.54) is 44.9 Å². The molecule has 2 aliphatic rings. The molecule has 1 aromatic heterocycles. The molecule has 1 aliphatic carbocycles. The van der Waals surface area contributed by atoms with Crippen molar-refractivity contribution in [1.82, 2.24) is 15.1 Å². The average molecular weight is 361 g/mol. The van der Waals surface area contributed by atoms with Crippen molar-refractivity contribution in [3.05, 3.63) is 24.2 Å². The molecule has 0 atom stereocenters. The number of nitrogens with one attached hydrogen (secondary N) is 1. The Bertz CT molecular complexity index is 571. The van der Waals surface area contributed by atoms with Crippen molar-refractivity contribution in [2.75, 3.05) is 39.8 Å². The molecule has 1 amide bonds. The highest BCUT2D eigenvalue weighted by atomic mass is 16.3. The van der Waals surface area contributed by atoms with Crippen LogP contribution in [0.15, 0.2) is 27.8 Å². The molecular formula is C20H32N4O2. The Hall–Kier alpha value is -1.98. The van der Waals surface area contributed by atoms with Crippen LogP contribution in [0.5, 0.6) is 0 Å². The Morgan fingerprint density at radius 3 is 2.58 bits per heavy atom. The van der Waals surface area contributed by atoms with Crippen LogP contribution < -0.4 is 5.32 Å². The number of guanidine groups is 1. The fraction of sp³-hybridized carbons (Fsp3) is 0.700. The van der Waals surface area contributed by atoms with Gasteiger partial charge in [0.1, 0.15) is 0 Å². The molecule has 6 nitrogen and oxygen atoms in total. The molecule has 1 aromatic rings. The zero-order chi connectivity index (χ0) is 18.2. The summed E-state index contributed by atoms with van der Waals surface area (Å²) in [6, 6.07) is 3.47. The van der Waals surface area contributed by atoms with Gasteiger partial charge in [-0.3, -0.25) is 9.79 Å². The smallest absolute Gasteiger partial charge is 0.289 e. The number of nitrogens with zero attached hydrogens (tertiary/aromatic N) is 3. The number of piperazine rings is 1. The topological polar surface area (TPSA) is 61.1 Å². The first-order valence-electron chi connectivity index (χ1n) is 10.1. The van der Waals surface area contributed by atoms with Crippen molar-refractivity contribution in [3.8, 4) is 0 Å². The van der Waals surface area contributed by atoms with Crippen LogP contribution in [-0.2, 0) is 0 Å². The summed E-state index contributed by atoms with van der Waals surface area (Å²) in [5, 5.41) is 3.49. The van der Waals surface area contributed by atoms with E-state index in [1.54, 1.807) is 18.4 Å². The summed E-state index contributed by atoms with van der Waals surface area (Å²) < 4.78 is 5.22. The third-order valence-electron chi connectivity index (χ3n) is 5.61. The molecule has 1 aliphatic heterocycles. The number of furan rings is 1. The van der Waals surface area contributed by atoms with Crippen LogP contribution in [0.2, 0.25) is 0 Å². The molecule has 6 heteroatoms. The van der Waals surface area contributed by atoms with Crippen molar-refractivity contribution in [2.24, 2.45) is 10.9 Å². The fourth-order valence-corrected chi connectivity index (χ4v) is 4.07. The molecule has 0 aromatic carbocycles. The highest BCUT2D eigenvalue weighted by Crippen LogP contribution is 2.28. The lowest BCUT2D eigenvalue weighted by Crippen LogP contribution is -2.53. The first kappa shape index (κ1) is 18.8. The lowest BCUT2D eigenvalue weighted by Gasteiger charge is -2.36. The predicted molar refractivity (Wildman–Crippen MR) is 103 cm³/mol. The number of carbonyl (C=O) groups excluding carboxylic acids is 1. The molecule has 1 saturated carbocycles. The second-order valence-corrected chi connectivity index (χ2v) is 7.38.